The lowest BCUT2D eigenvalue weighted by Crippen LogP contribution is -2.12. The maximum atomic E-state index is 6.11. The summed E-state index contributed by atoms with van der Waals surface area (Å²) in [6.45, 7) is 0. The molecule has 0 spiro atoms. The number of ether oxygens (including phenoxy) is 1. The first-order chi connectivity index (χ1) is 8.69. The minimum absolute atomic E-state index is 0.00620. The molecule has 1 aromatic heterocycles. The van der Waals surface area contributed by atoms with Crippen molar-refractivity contribution in [3.05, 3.63) is 47.8 Å². The number of aryl methyl sites for hydroxylation is 2. The zero-order chi connectivity index (χ0) is 13.0. The Morgan fingerprint density at radius 1 is 1.28 bits per heavy atom. The van der Waals surface area contributed by atoms with Crippen LogP contribution >= 0.6 is 0 Å². The Bertz CT molecular complexity index is 490. The van der Waals surface area contributed by atoms with Crippen LogP contribution in [0.3, 0.4) is 0 Å². The van der Waals surface area contributed by atoms with Crippen LogP contribution in [0, 0.1) is 0 Å². The molecule has 0 radical (unpaired) electrons. The maximum Gasteiger partial charge on any atom is 0.118 e. The van der Waals surface area contributed by atoms with Crippen LogP contribution in [-0.2, 0) is 13.5 Å². The van der Waals surface area contributed by atoms with Crippen LogP contribution in [0.2, 0.25) is 0 Å². The molecule has 0 saturated heterocycles. The van der Waals surface area contributed by atoms with Gasteiger partial charge in [0.25, 0.3) is 0 Å². The van der Waals surface area contributed by atoms with Crippen molar-refractivity contribution in [3.8, 4) is 5.75 Å². The lowest BCUT2D eigenvalue weighted by atomic mass is 10.0. The molecule has 1 heterocycles. The Labute approximate surface area is 107 Å². The van der Waals surface area contributed by atoms with Gasteiger partial charge < -0.3 is 10.5 Å². The third kappa shape index (κ3) is 3.11. The molecule has 1 unspecified atom stereocenters. The van der Waals surface area contributed by atoms with Gasteiger partial charge in [-0.3, -0.25) is 4.68 Å². The molecule has 4 heteroatoms. The second-order valence-electron chi connectivity index (χ2n) is 4.41. The Morgan fingerprint density at radius 3 is 2.56 bits per heavy atom. The van der Waals surface area contributed by atoms with E-state index < -0.39 is 0 Å². The van der Waals surface area contributed by atoms with Crippen molar-refractivity contribution in [2.24, 2.45) is 12.8 Å². The summed E-state index contributed by atoms with van der Waals surface area (Å²) in [5.41, 5.74) is 8.33. The lowest BCUT2D eigenvalue weighted by molar-refractivity contribution is 0.414. The molecule has 2 N–H and O–H groups in total. The van der Waals surface area contributed by atoms with E-state index in [-0.39, 0.29) is 6.04 Å². The predicted octanol–water partition coefficient (Wildman–Crippen LogP) is 2.06. The molecule has 0 aliphatic carbocycles. The maximum absolute atomic E-state index is 6.11. The van der Waals surface area contributed by atoms with E-state index in [1.54, 1.807) is 11.8 Å². The van der Waals surface area contributed by atoms with E-state index in [9.17, 15) is 0 Å². The summed E-state index contributed by atoms with van der Waals surface area (Å²) in [5, 5.41) is 4.32. The molecule has 0 saturated carbocycles. The van der Waals surface area contributed by atoms with Crippen LogP contribution < -0.4 is 10.5 Å². The van der Waals surface area contributed by atoms with E-state index in [4.69, 9.17) is 10.5 Å². The molecule has 0 aliphatic rings. The van der Waals surface area contributed by atoms with Gasteiger partial charge in [-0.2, -0.15) is 5.10 Å². The highest BCUT2D eigenvalue weighted by Gasteiger charge is 2.08. The fraction of sp³-hybridized carbons (Fsp3) is 0.357. The molecule has 0 amide bonds. The van der Waals surface area contributed by atoms with Crippen molar-refractivity contribution in [3.63, 3.8) is 0 Å². The number of hydrogen-bond donors (Lipinski definition) is 1. The van der Waals surface area contributed by atoms with Gasteiger partial charge in [0.2, 0.25) is 0 Å². The third-order valence-corrected chi connectivity index (χ3v) is 3.02. The van der Waals surface area contributed by atoms with Crippen molar-refractivity contribution in [2.45, 2.75) is 18.9 Å². The van der Waals surface area contributed by atoms with E-state index in [1.807, 2.05) is 31.4 Å². The quantitative estimate of drug-likeness (QED) is 0.877. The molecule has 2 rings (SSSR count). The largest absolute Gasteiger partial charge is 0.497 e. The van der Waals surface area contributed by atoms with Gasteiger partial charge in [0.15, 0.2) is 0 Å². The van der Waals surface area contributed by atoms with Crippen molar-refractivity contribution >= 4 is 0 Å². The number of nitrogens with zero attached hydrogens (tertiary/aromatic N) is 2. The molecule has 0 fully saturated rings. The Hall–Kier alpha value is -1.81. The first kappa shape index (κ1) is 12.6. The van der Waals surface area contributed by atoms with Crippen molar-refractivity contribution in [2.75, 3.05) is 7.11 Å². The minimum Gasteiger partial charge on any atom is -0.497 e. The zero-order valence-electron chi connectivity index (χ0n) is 10.8. The van der Waals surface area contributed by atoms with Gasteiger partial charge in [0.05, 0.1) is 12.8 Å². The lowest BCUT2D eigenvalue weighted by Gasteiger charge is -2.09. The van der Waals surface area contributed by atoms with E-state index in [0.29, 0.717) is 0 Å². The van der Waals surface area contributed by atoms with Gasteiger partial charge in [-0.1, -0.05) is 12.1 Å². The molecule has 18 heavy (non-hydrogen) atoms. The van der Waals surface area contributed by atoms with Gasteiger partial charge in [0, 0.05) is 19.3 Å². The number of methoxy groups -OCH3 is 1. The normalized spacial score (nSPS) is 12.4. The summed E-state index contributed by atoms with van der Waals surface area (Å²) in [6.07, 6.45) is 3.76. The number of rotatable bonds is 5. The molecule has 4 nitrogen and oxygen atoms in total. The predicted molar refractivity (Wildman–Crippen MR) is 71.5 cm³/mol. The highest BCUT2D eigenvalue weighted by atomic mass is 16.5. The molecular formula is C14H19N3O. The highest BCUT2D eigenvalue weighted by molar-refractivity contribution is 5.27. The van der Waals surface area contributed by atoms with E-state index in [1.165, 1.54) is 5.56 Å². The van der Waals surface area contributed by atoms with Crippen LogP contribution in [0.4, 0.5) is 0 Å². The van der Waals surface area contributed by atoms with Crippen LogP contribution in [0.25, 0.3) is 0 Å². The van der Waals surface area contributed by atoms with Crippen LogP contribution in [0.5, 0.6) is 5.75 Å². The molecule has 1 atom stereocenters. The summed E-state index contributed by atoms with van der Waals surface area (Å²) in [7, 11) is 3.58. The van der Waals surface area contributed by atoms with E-state index >= 15 is 0 Å². The van der Waals surface area contributed by atoms with Gasteiger partial charge in [-0.15, -0.1) is 0 Å². The van der Waals surface area contributed by atoms with Gasteiger partial charge in [-0.25, -0.2) is 0 Å². The van der Waals surface area contributed by atoms with Gasteiger partial charge in [-0.05, 0) is 36.6 Å². The number of nitrogens with two attached hydrogens (primary N) is 1. The summed E-state index contributed by atoms with van der Waals surface area (Å²) in [6, 6.07) is 10.1. The minimum atomic E-state index is -0.00620. The van der Waals surface area contributed by atoms with Gasteiger partial charge in [0.1, 0.15) is 5.75 Å². The van der Waals surface area contributed by atoms with Crippen molar-refractivity contribution in [1.29, 1.82) is 0 Å². The van der Waals surface area contributed by atoms with Crippen LogP contribution in [0.15, 0.2) is 36.5 Å². The summed E-state index contributed by atoms with van der Waals surface area (Å²) in [4.78, 5) is 0. The van der Waals surface area contributed by atoms with Crippen molar-refractivity contribution in [1.82, 2.24) is 9.78 Å². The molecule has 0 aliphatic heterocycles. The SMILES string of the molecule is COc1ccc(CCC(N)c2ccn(C)n2)cc1. The third-order valence-electron chi connectivity index (χ3n) is 3.02. The standard InChI is InChI=1S/C14H19N3O/c1-17-10-9-14(16-17)13(15)8-5-11-3-6-12(18-2)7-4-11/h3-4,6-7,9-10,13H,5,8,15H2,1-2H3. The first-order valence-electron chi connectivity index (χ1n) is 6.07. The van der Waals surface area contributed by atoms with E-state index in [0.717, 1.165) is 24.3 Å². The fourth-order valence-electron chi connectivity index (χ4n) is 1.89. The Morgan fingerprint density at radius 2 is 2.00 bits per heavy atom. The molecule has 0 bridgehead atoms. The van der Waals surface area contributed by atoms with Crippen LogP contribution in [-0.4, -0.2) is 16.9 Å². The van der Waals surface area contributed by atoms with Crippen LogP contribution in [0.1, 0.15) is 23.7 Å². The summed E-state index contributed by atoms with van der Waals surface area (Å²) in [5.74, 6) is 0.882. The van der Waals surface area contributed by atoms with E-state index in [2.05, 4.69) is 17.2 Å². The highest BCUT2D eigenvalue weighted by Crippen LogP contribution is 2.17. The van der Waals surface area contributed by atoms with Crippen molar-refractivity contribution < 1.29 is 4.74 Å². The topological polar surface area (TPSA) is 53.1 Å². The molecule has 96 valence electrons. The second-order valence-corrected chi connectivity index (χ2v) is 4.41. The fourth-order valence-corrected chi connectivity index (χ4v) is 1.89. The average Bonchev–Trinajstić information content (AvgIpc) is 2.83. The van der Waals surface area contributed by atoms with Gasteiger partial charge >= 0.3 is 0 Å². The number of aromatic nitrogens is 2. The molecule has 1 aromatic carbocycles. The second kappa shape index (κ2) is 5.69. The average molecular weight is 245 g/mol. The smallest absolute Gasteiger partial charge is 0.118 e. The summed E-state index contributed by atoms with van der Waals surface area (Å²) >= 11 is 0. The zero-order valence-corrected chi connectivity index (χ0v) is 10.8. The number of benzene rings is 1. The monoisotopic (exact) mass is 245 g/mol. The first-order valence-corrected chi connectivity index (χ1v) is 6.07. The Kier molecular flexibility index (Phi) is 3.99. The molecule has 2 aromatic rings. The Balaban J connectivity index is 1.90. The molecular weight excluding hydrogens is 226 g/mol. The summed E-state index contributed by atoms with van der Waals surface area (Å²) < 4.78 is 6.91. The number of hydrogen-bond acceptors (Lipinski definition) is 3.